The Labute approximate surface area is 213 Å². The molecule has 37 heavy (non-hydrogen) atoms. The van der Waals surface area contributed by atoms with Crippen molar-refractivity contribution in [1.29, 1.82) is 0 Å². The number of phenolic OH excluding ortho intramolecular Hbond substituents is 1. The van der Waals surface area contributed by atoms with E-state index in [0.29, 0.717) is 17.1 Å². The molecule has 0 radical (unpaired) electrons. The van der Waals surface area contributed by atoms with Gasteiger partial charge in [-0.05, 0) is 83.8 Å². The number of Topliss-reactive ketones (excluding diaryl/α,β-unsaturated/α-hetero) is 1. The molecule has 1 aliphatic carbocycles. The first kappa shape index (κ1) is 23.9. The molecule has 0 bridgehead atoms. The average Bonchev–Trinajstić information content (AvgIpc) is 3.21. The number of aromatic hydroxyl groups is 1. The zero-order valence-electron chi connectivity index (χ0n) is 19.8. The lowest BCUT2D eigenvalue weighted by atomic mass is 9.92. The zero-order valence-corrected chi connectivity index (χ0v) is 19.8. The molecule has 1 unspecified atom stereocenters. The van der Waals surface area contributed by atoms with Gasteiger partial charge in [0.1, 0.15) is 17.3 Å². The second-order valence-electron chi connectivity index (χ2n) is 8.69. The molecule has 8 heteroatoms. The van der Waals surface area contributed by atoms with E-state index in [0.717, 1.165) is 18.4 Å². The van der Waals surface area contributed by atoms with E-state index >= 15 is 0 Å². The summed E-state index contributed by atoms with van der Waals surface area (Å²) in [6.07, 6.45) is 11.0. The maximum atomic E-state index is 13.7. The molecule has 5 rings (SSSR count). The van der Waals surface area contributed by atoms with Crippen molar-refractivity contribution < 1.29 is 19.4 Å². The highest BCUT2D eigenvalue weighted by Crippen LogP contribution is 2.42. The van der Waals surface area contributed by atoms with Crippen LogP contribution in [-0.2, 0) is 11.3 Å². The van der Waals surface area contributed by atoms with Gasteiger partial charge in [0.05, 0.1) is 11.6 Å². The van der Waals surface area contributed by atoms with Crippen LogP contribution in [0.5, 0.6) is 11.5 Å². The fourth-order valence-electron chi connectivity index (χ4n) is 4.49. The Kier molecular flexibility index (Phi) is 6.72. The molecule has 1 aromatic heterocycles. The van der Waals surface area contributed by atoms with Crippen LogP contribution in [0.3, 0.4) is 0 Å². The van der Waals surface area contributed by atoms with Crippen molar-refractivity contribution in [2.24, 2.45) is 5.18 Å². The number of amides is 1. The molecular formula is C29H23N3O5. The van der Waals surface area contributed by atoms with Gasteiger partial charge in [-0.3, -0.25) is 14.6 Å². The van der Waals surface area contributed by atoms with Crippen LogP contribution in [0.15, 0.2) is 113 Å². The first-order chi connectivity index (χ1) is 18.0. The number of aromatic nitrogens is 1. The van der Waals surface area contributed by atoms with E-state index in [9.17, 15) is 19.6 Å². The standard InChI is InChI=1S/C29H23N3O5/c33-22-13-11-20(12-14-22)28(34)25-26(31-36)29(35)32(18-19-6-5-15-30-17-19)27(25)21-7-4-10-24(16-21)37-23-8-2-1-3-9-23/h2,4-17,27,33H,1,3,18H2. The lowest BCUT2D eigenvalue weighted by Crippen LogP contribution is -2.30. The fourth-order valence-corrected chi connectivity index (χ4v) is 4.49. The van der Waals surface area contributed by atoms with Gasteiger partial charge in [0.25, 0.3) is 5.91 Å². The number of pyridine rings is 1. The number of ketones is 1. The molecule has 0 spiro atoms. The van der Waals surface area contributed by atoms with Crippen molar-refractivity contribution in [3.05, 3.63) is 130 Å². The van der Waals surface area contributed by atoms with Gasteiger partial charge in [0.15, 0.2) is 11.5 Å². The topological polar surface area (TPSA) is 109 Å². The molecule has 184 valence electrons. The predicted octanol–water partition coefficient (Wildman–Crippen LogP) is 5.39. The number of phenols is 1. The van der Waals surface area contributed by atoms with Gasteiger partial charge in [-0.15, -0.1) is 4.91 Å². The molecule has 1 atom stereocenters. The van der Waals surface area contributed by atoms with Crippen LogP contribution < -0.4 is 4.74 Å². The van der Waals surface area contributed by atoms with Gasteiger partial charge in [-0.2, -0.15) is 0 Å². The first-order valence-electron chi connectivity index (χ1n) is 11.8. The Morgan fingerprint density at radius 2 is 1.95 bits per heavy atom. The van der Waals surface area contributed by atoms with Gasteiger partial charge in [-0.1, -0.05) is 24.3 Å². The summed E-state index contributed by atoms with van der Waals surface area (Å²) < 4.78 is 6.03. The molecule has 8 nitrogen and oxygen atoms in total. The van der Waals surface area contributed by atoms with E-state index in [1.54, 1.807) is 42.7 Å². The number of hydrogen-bond acceptors (Lipinski definition) is 7. The van der Waals surface area contributed by atoms with Crippen molar-refractivity contribution in [2.75, 3.05) is 0 Å². The third-order valence-corrected chi connectivity index (χ3v) is 6.22. The number of nitrogens with zero attached hydrogens (tertiary/aromatic N) is 3. The van der Waals surface area contributed by atoms with E-state index in [4.69, 9.17) is 4.74 Å². The molecule has 0 saturated carbocycles. The SMILES string of the molecule is O=NC1=C(C(=O)c2ccc(O)cc2)C(c2cccc(OC3=CCCC=C3)c2)N(Cc2cccnc2)C1=O. The van der Waals surface area contributed by atoms with Gasteiger partial charge < -0.3 is 14.7 Å². The summed E-state index contributed by atoms with van der Waals surface area (Å²) in [5.41, 5.74) is 1.09. The summed E-state index contributed by atoms with van der Waals surface area (Å²) in [4.78, 5) is 44.6. The largest absolute Gasteiger partial charge is 0.508 e. The monoisotopic (exact) mass is 493 g/mol. The number of carbonyl (C=O) groups excluding carboxylic acids is 2. The molecule has 1 N–H and O–H groups in total. The van der Waals surface area contributed by atoms with Crippen LogP contribution in [0.1, 0.15) is 40.4 Å². The molecular weight excluding hydrogens is 470 g/mol. The van der Waals surface area contributed by atoms with Crippen molar-refractivity contribution in [1.82, 2.24) is 9.88 Å². The third-order valence-electron chi connectivity index (χ3n) is 6.22. The molecule has 2 aromatic carbocycles. The van der Waals surface area contributed by atoms with E-state index in [2.05, 4.69) is 10.2 Å². The maximum Gasteiger partial charge on any atom is 0.277 e. The second kappa shape index (κ2) is 10.4. The molecule has 1 aliphatic heterocycles. The summed E-state index contributed by atoms with van der Waals surface area (Å²) in [5, 5.41) is 12.7. The summed E-state index contributed by atoms with van der Waals surface area (Å²) in [7, 11) is 0. The van der Waals surface area contributed by atoms with Crippen molar-refractivity contribution >= 4 is 11.7 Å². The number of ether oxygens (including phenoxy) is 1. The Morgan fingerprint density at radius 3 is 2.65 bits per heavy atom. The van der Waals surface area contributed by atoms with E-state index in [1.807, 2.05) is 24.3 Å². The Bertz CT molecular complexity index is 1440. The van der Waals surface area contributed by atoms with Crippen LogP contribution in [0.2, 0.25) is 0 Å². The number of nitroso groups, excluding NO2 is 1. The first-order valence-corrected chi connectivity index (χ1v) is 11.8. The highest BCUT2D eigenvalue weighted by atomic mass is 16.5. The number of benzene rings is 2. The van der Waals surface area contributed by atoms with Crippen molar-refractivity contribution in [2.45, 2.75) is 25.4 Å². The summed E-state index contributed by atoms with van der Waals surface area (Å²) in [6.45, 7) is 0.113. The lowest BCUT2D eigenvalue weighted by molar-refractivity contribution is -0.127. The molecule has 3 aromatic rings. The molecule has 2 aliphatic rings. The maximum absolute atomic E-state index is 13.7. The number of carbonyl (C=O) groups is 2. The zero-order chi connectivity index (χ0) is 25.8. The van der Waals surface area contributed by atoms with Crippen LogP contribution >= 0.6 is 0 Å². The number of hydrogen-bond donors (Lipinski definition) is 1. The molecule has 1 amide bonds. The second-order valence-corrected chi connectivity index (χ2v) is 8.69. The molecule has 0 saturated heterocycles. The third kappa shape index (κ3) is 4.95. The van der Waals surface area contributed by atoms with E-state index in [-0.39, 0.29) is 23.4 Å². The minimum atomic E-state index is -0.888. The summed E-state index contributed by atoms with van der Waals surface area (Å²) >= 11 is 0. The van der Waals surface area contributed by atoms with Gasteiger partial charge in [-0.25, -0.2) is 0 Å². The minimum absolute atomic E-state index is 0.00700. The van der Waals surface area contributed by atoms with Gasteiger partial charge >= 0.3 is 0 Å². The highest BCUT2D eigenvalue weighted by molar-refractivity contribution is 6.16. The van der Waals surface area contributed by atoms with Crippen LogP contribution in [0, 0.1) is 4.91 Å². The summed E-state index contributed by atoms with van der Waals surface area (Å²) in [5.74, 6) is 0.0749. The Hall–Kier alpha value is -4.85. The van der Waals surface area contributed by atoms with E-state index < -0.39 is 23.4 Å². The Balaban J connectivity index is 1.59. The van der Waals surface area contributed by atoms with Gasteiger partial charge in [0.2, 0.25) is 0 Å². The lowest BCUT2D eigenvalue weighted by Gasteiger charge is -2.27. The number of allylic oxidation sites excluding steroid dienone is 3. The predicted molar refractivity (Wildman–Crippen MR) is 136 cm³/mol. The van der Waals surface area contributed by atoms with Crippen molar-refractivity contribution in [3.8, 4) is 11.5 Å². The normalized spacial score (nSPS) is 17.1. The molecule has 2 heterocycles. The summed E-state index contributed by atoms with van der Waals surface area (Å²) in [6, 6.07) is 15.4. The quantitative estimate of drug-likeness (QED) is 0.333. The van der Waals surface area contributed by atoms with Gasteiger partial charge in [0, 0.05) is 24.5 Å². The van der Waals surface area contributed by atoms with Crippen LogP contribution in [0.4, 0.5) is 0 Å². The van der Waals surface area contributed by atoms with Crippen LogP contribution in [-0.4, -0.2) is 26.7 Å². The average molecular weight is 494 g/mol. The fraction of sp³-hybridized carbons (Fsp3) is 0.138. The highest BCUT2D eigenvalue weighted by Gasteiger charge is 2.44. The van der Waals surface area contributed by atoms with Crippen molar-refractivity contribution in [3.63, 3.8) is 0 Å². The Morgan fingerprint density at radius 1 is 1.11 bits per heavy atom. The smallest absolute Gasteiger partial charge is 0.277 e. The molecule has 0 fully saturated rings. The minimum Gasteiger partial charge on any atom is -0.508 e. The van der Waals surface area contributed by atoms with E-state index in [1.165, 1.54) is 29.2 Å². The van der Waals surface area contributed by atoms with Crippen LogP contribution in [0.25, 0.3) is 0 Å². The number of rotatable bonds is 8.